The lowest BCUT2D eigenvalue weighted by Gasteiger charge is -2.30. The van der Waals surface area contributed by atoms with Crippen LogP contribution in [0.15, 0.2) is 48.5 Å². The van der Waals surface area contributed by atoms with E-state index in [9.17, 15) is 4.79 Å². The molecule has 2 aromatic carbocycles. The Labute approximate surface area is 193 Å². The summed E-state index contributed by atoms with van der Waals surface area (Å²) in [5.41, 5.74) is 4.68. The van der Waals surface area contributed by atoms with E-state index in [4.69, 9.17) is 4.74 Å². The van der Waals surface area contributed by atoms with Crippen LogP contribution in [0.4, 0.5) is 4.79 Å². The normalized spacial score (nSPS) is 18.0. The number of rotatable bonds is 8. The summed E-state index contributed by atoms with van der Waals surface area (Å²) in [6, 6.07) is 17.4. The summed E-state index contributed by atoms with van der Waals surface area (Å²) in [6.45, 7) is 4.44. The lowest BCUT2D eigenvalue weighted by atomic mass is 9.85. The third-order valence-electron chi connectivity index (χ3n) is 6.80. The molecule has 1 aliphatic heterocycles. The molecule has 0 bridgehead atoms. The minimum absolute atomic E-state index is 0.151. The van der Waals surface area contributed by atoms with Gasteiger partial charge >= 0.3 is 6.09 Å². The molecule has 1 amide bonds. The topological polar surface area (TPSA) is 36.0 Å². The third kappa shape index (κ3) is 5.70. The van der Waals surface area contributed by atoms with Crippen LogP contribution in [0.5, 0.6) is 0 Å². The second-order valence-electron chi connectivity index (χ2n) is 9.90. The number of nitrogens with zero attached hydrogens (tertiary/aromatic N) is 3. The molecule has 2 aliphatic rings. The maximum Gasteiger partial charge on any atom is 0.410 e. The molecule has 0 atom stereocenters. The lowest BCUT2D eigenvalue weighted by Crippen LogP contribution is -2.36. The molecular formula is C27H37N3O2. The number of hydrogen-bond acceptors (Lipinski definition) is 4. The van der Waals surface area contributed by atoms with Gasteiger partial charge in [0.1, 0.15) is 5.60 Å². The first-order chi connectivity index (χ1) is 15.4. The van der Waals surface area contributed by atoms with Crippen LogP contribution in [-0.2, 0) is 17.8 Å². The van der Waals surface area contributed by atoms with Gasteiger partial charge in [-0.05, 0) is 69.1 Å². The Morgan fingerprint density at radius 2 is 1.44 bits per heavy atom. The van der Waals surface area contributed by atoms with Crippen LogP contribution in [0.1, 0.15) is 43.2 Å². The molecule has 5 heteroatoms. The highest BCUT2D eigenvalue weighted by Crippen LogP contribution is 2.37. The van der Waals surface area contributed by atoms with Gasteiger partial charge in [-0.25, -0.2) is 4.79 Å². The van der Waals surface area contributed by atoms with Gasteiger partial charge in [0.05, 0.1) is 6.54 Å². The first-order valence-electron chi connectivity index (χ1n) is 11.9. The van der Waals surface area contributed by atoms with Crippen LogP contribution in [0.3, 0.4) is 0 Å². The Balaban J connectivity index is 1.33. The third-order valence-corrected chi connectivity index (χ3v) is 6.80. The van der Waals surface area contributed by atoms with E-state index in [0.29, 0.717) is 6.54 Å². The number of likely N-dealkylation sites (N-methyl/N-ethyl adjacent to an activating group) is 2. The zero-order chi connectivity index (χ0) is 22.6. The highest BCUT2D eigenvalue weighted by atomic mass is 16.6. The first kappa shape index (κ1) is 22.8. The van der Waals surface area contributed by atoms with E-state index < -0.39 is 0 Å². The number of carbonyl (C=O) groups excluding carboxylic acids is 1. The SMILES string of the molecule is CN(C)CCN(C)Cc1ccc(-c2ccc(CN3CC4(CCCCC4)OC3=O)cc2)cc1. The second-order valence-corrected chi connectivity index (χ2v) is 9.90. The number of amides is 1. The zero-order valence-corrected chi connectivity index (χ0v) is 19.8. The monoisotopic (exact) mass is 435 g/mol. The van der Waals surface area contributed by atoms with Gasteiger partial charge in [-0.1, -0.05) is 55.0 Å². The van der Waals surface area contributed by atoms with Gasteiger partial charge in [0.25, 0.3) is 0 Å². The number of hydrogen-bond donors (Lipinski definition) is 0. The molecule has 1 saturated heterocycles. The largest absolute Gasteiger partial charge is 0.441 e. The summed E-state index contributed by atoms with van der Waals surface area (Å²) in [6.07, 6.45) is 5.46. The molecule has 4 rings (SSSR count). The van der Waals surface area contributed by atoms with E-state index in [2.05, 4.69) is 79.5 Å². The van der Waals surface area contributed by atoms with E-state index in [1.54, 1.807) is 0 Å². The van der Waals surface area contributed by atoms with E-state index in [-0.39, 0.29) is 11.7 Å². The number of benzene rings is 2. The number of carbonyl (C=O) groups is 1. The minimum Gasteiger partial charge on any atom is -0.441 e. The fourth-order valence-corrected chi connectivity index (χ4v) is 4.86. The minimum atomic E-state index is -0.225. The van der Waals surface area contributed by atoms with Gasteiger partial charge in [0.15, 0.2) is 0 Å². The van der Waals surface area contributed by atoms with Crippen molar-refractivity contribution in [2.45, 2.75) is 50.8 Å². The summed E-state index contributed by atoms with van der Waals surface area (Å²) in [5, 5.41) is 0. The standard InChI is InChI=1S/C27H37N3O2/c1-28(2)17-18-29(3)19-22-7-11-24(12-8-22)25-13-9-23(10-14-25)20-30-21-27(32-26(30)31)15-5-4-6-16-27/h7-14H,4-6,15-21H2,1-3H3. The summed E-state index contributed by atoms with van der Waals surface area (Å²) < 4.78 is 5.81. The maximum atomic E-state index is 12.4. The van der Waals surface area contributed by atoms with Gasteiger partial charge < -0.3 is 14.5 Å². The van der Waals surface area contributed by atoms with E-state index in [1.165, 1.54) is 36.0 Å². The smallest absolute Gasteiger partial charge is 0.410 e. The molecule has 0 N–H and O–H groups in total. The molecule has 0 radical (unpaired) electrons. The molecule has 1 heterocycles. The van der Waals surface area contributed by atoms with E-state index >= 15 is 0 Å². The molecule has 2 aromatic rings. The summed E-state index contributed by atoms with van der Waals surface area (Å²) >= 11 is 0. The van der Waals surface area contributed by atoms with Gasteiger partial charge in [-0.15, -0.1) is 0 Å². The Morgan fingerprint density at radius 1 is 0.844 bits per heavy atom. The molecular weight excluding hydrogens is 398 g/mol. The van der Waals surface area contributed by atoms with Crippen molar-refractivity contribution in [3.63, 3.8) is 0 Å². The van der Waals surface area contributed by atoms with E-state index in [0.717, 1.165) is 44.6 Å². The zero-order valence-electron chi connectivity index (χ0n) is 19.8. The average Bonchev–Trinajstić information content (AvgIpc) is 3.08. The van der Waals surface area contributed by atoms with Crippen molar-refractivity contribution in [3.8, 4) is 11.1 Å². The average molecular weight is 436 g/mol. The van der Waals surface area contributed by atoms with Crippen LogP contribution >= 0.6 is 0 Å². The highest BCUT2D eigenvalue weighted by Gasteiger charge is 2.45. The predicted octanol–water partition coefficient (Wildman–Crippen LogP) is 5.00. The Bertz CT molecular complexity index is 886. The Hall–Kier alpha value is -2.37. The number of ether oxygens (including phenoxy) is 1. The fourth-order valence-electron chi connectivity index (χ4n) is 4.86. The molecule has 0 unspecified atom stereocenters. The molecule has 172 valence electrons. The Kier molecular flexibility index (Phi) is 7.17. The van der Waals surface area contributed by atoms with Crippen molar-refractivity contribution >= 4 is 6.09 Å². The van der Waals surface area contributed by atoms with Crippen LogP contribution in [0, 0.1) is 0 Å². The van der Waals surface area contributed by atoms with Crippen molar-refractivity contribution in [1.29, 1.82) is 0 Å². The van der Waals surface area contributed by atoms with Gasteiger partial charge in [0.2, 0.25) is 0 Å². The van der Waals surface area contributed by atoms with Crippen molar-refractivity contribution in [2.75, 3.05) is 40.8 Å². The molecule has 0 aromatic heterocycles. The molecule has 32 heavy (non-hydrogen) atoms. The van der Waals surface area contributed by atoms with Gasteiger partial charge in [-0.3, -0.25) is 4.90 Å². The fraction of sp³-hybridized carbons (Fsp3) is 0.519. The highest BCUT2D eigenvalue weighted by molar-refractivity contribution is 5.71. The molecule has 5 nitrogen and oxygen atoms in total. The molecule has 2 fully saturated rings. The van der Waals surface area contributed by atoms with Crippen molar-refractivity contribution in [3.05, 3.63) is 59.7 Å². The van der Waals surface area contributed by atoms with E-state index in [1.807, 2.05) is 4.90 Å². The lowest BCUT2D eigenvalue weighted by molar-refractivity contribution is 0.0260. The maximum absolute atomic E-state index is 12.4. The second kappa shape index (κ2) is 10.1. The van der Waals surface area contributed by atoms with Gasteiger partial charge in [-0.2, -0.15) is 0 Å². The quantitative estimate of drug-likeness (QED) is 0.584. The van der Waals surface area contributed by atoms with Crippen LogP contribution in [-0.4, -0.2) is 67.2 Å². The molecule has 1 aliphatic carbocycles. The van der Waals surface area contributed by atoms with Crippen molar-refractivity contribution in [2.24, 2.45) is 0 Å². The summed E-state index contributed by atoms with van der Waals surface area (Å²) in [4.78, 5) is 18.9. The molecule has 1 spiro atoms. The first-order valence-corrected chi connectivity index (χ1v) is 11.9. The van der Waals surface area contributed by atoms with Crippen LogP contribution < -0.4 is 0 Å². The van der Waals surface area contributed by atoms with Crippen LogP contribution in [0.2, 0.25) is 0 Å². The van der Waals surface area contributed by atoms with Crippen molar-refractivity contribution < 1.29 is 9.53 Å². The predicted molar refractivity (Wildman–Crippen MR) is 129 cm³/mol. The summed E-state index contributed by atoms with van der Waals surface area (Å²) in [7, 11) is 6.39. The summed E-state index contributed by atoms with van der Waals surface area (Å²) in [5.74, 6) is 0. The Morgan fingerprint density at radius 3 is 2.03 bits per heavy atom. The van der Waals surface area contributed by atoms with Crippen molar-refractivity contribution in [1.82, 2.24) is 14.7 Å². The molecule has 1 saturated carbocycles. The van der Waals surface area contributed by atoms with Gasteiger partial charge in [0, 0.05) is 26.2 Å². The van der Waals surface area contributed by atoms with Crippen LogP contribution in [0.25, 0.3) is 11.1 Å².